The molecule has 0 aromatic carbocycles. The Morgan fingerprint density at radius 2 is 1.97 bits per heavy atom. The van der Waals surface area contributed by atoms with Crippen molar-refractivity contribution in [1.82, 2.24) is 19.9 Å². The second-order valence-electron chi connectivity index (χ2n) is 7.55. The first-order valence-electron chi connectivity index (χ1n) is 10.1. The van der Waals surface area contributed by atoms with Crippen molar-refractivity contribution in [2.24, 2.45) is 0 Å². The van der Waals surface area contributed by atoms with Gasteiger partial charge < -0.3 is 15.0 Å². The quantitative estimate of drug-likeness (QED) is 0.631. The molecule has 162 valence electrons. The molecule has 2 aromatic rings. The van der Waals surface area contributed by atoms with Gasteiger partial charge in [0.2, 0.25) is 0 Å². The predicted octanol–water partition coefficient (Wildman–Crippen LogP) is 2.65. The van der Waals surface area contributed by atoms with Crippen LogP contribution in [0.25, 0.3) is 0 Å². The van der Waals surface area contributed by atoms with Crippen LogP contribution in [0.3, 0.4) is 0 Å². The van der Waals surface area contributed by atoms with E-state index in [2.05, 4.69) is 30.1 Å². The first-order chi connectivity index (χ1) is 14.3. The highest BCUT2D eigenvalue weighted by Crippen LogP contribution is 2.25. The average molecular weight is 433 g/mol. The molecular weight excluding hydrogens is 404 g/mol. The summed E-state index contributed by atoms with van der Waals surface area (Å²) in [5, 5.41) is 3.74. The minimum Gasteiger partial charge on any atom is -0.459 e. The number of carbonyl (C=O) groups excluding carboxylic acids is 2. The van der Waals surface area contributed by atoms with Crippen LogP contribution in [0, 0.1) is 6.92 Å². The molecule has 2 aromatic heterocycles. The van der Waals surface area contributed by atoms with Crippen molar-refractivity contribution in [3.8, 4) is 0 Å². The highest BCUT2D eigenvalue weighted by atomic mass is 32.1. The molecule has 0 bridgehead atoms. The summed E-state index contributed by atoms with van der Waals surface area (Å²) >= 11 is 1.23. The number of rotatable bonds is 8. The molecule has 3 heterocycles. The SMILES string of the molecule is CC(=O)CCN1CCN(c2cc(Nc3ncc(C(=O)OC(C)C)s3)nc(C)n2)CC1. The lowest BCUT2D eigenvalue weighted by Gasteiger charge is -2.35. The topological polar surface area (TPSA) is 101 Å². The molecule has 1 aliphatic heterocycles. The number of nitrogens with zero attached hydrogens (tertiary/aromatic N) is 5. The molecule has 0 radical (unpaired) electrons. The Kier molecular flexibility index (Phi) is 7.33. The second-order valence-corrected chi connectivity index (χ2v) is 8.58. The molecule has 3 rings (SSSR count). The zero-order chi connectivity index (χ0) is 21.7. The Bertz CT molecular complexity index is 892. The molecule has 30 heavy (non-hydrogen) atoms. The summed E-state index contributed by atoms with van der Waals surface area (Å²) in [4.78, 5) is 41.4. The second kappa shape index (κ2) is 9.94. The number of aryl methyl sites for hydroxylation is 1. The van der Waals surface area contributed by atoms with Crippen LogP contribution in [0.5, 0.6) is 0 Å². The summed E-state index contributed by atoms with van der Waals surface area (Å²) < 4.78 is 5.21. The Balaban J connectivity index is 1.63. The molecule has 1 saturated heterocycles. The molecular formula is C20H28N6O3S. The maximum absolute atomic E-state index is 12.0. The fraction of sp³-hybridized carbons (Fsp3) is 0.550. The van der Waals surface area contributed by atoms with Gasteiger partial charge in [-0.3, -0.25) is 9.69 Å². The van der Waals surface area contributed by atoms with Crippen molar-refractivity contribution in [2.45, 2.75) is 40.2 Å². The lowest BCUT2D eigenvalue weighted by molar-refractivity contribution is -0.117. The summed E-state index contributed by atoms with van der Waals surface area (Å²) in [6.07, 6.45) is 1.93. The molecule has 0 saturated carbocycles. The third-order valence-corrected chi connectivity index (χ3v) is 5.48. The van der Waals surface area contributed by atoms with E-state index in [0.29, 0.717) is 28.1 Å². The summed E-state index contributed by atoms with van der Waals surface area (Å²) in [7, 11) is 0. The molecule has 0 atom stereocenters. The number of aromatic nitrogens is 3. The maximum atomic E-state index is 12.0. The van der Waals surface area contributed by atoms with Gasteiger partial charge in [-0.25, -0.2) is 19.7 Å². The molecule has 0 spiro atoms. The molecule has 0 aliphatic carbocycles. The minimum atomic E-state index is -0.377. The van der Waals surface area contributed by atoms with Gasteiger partial charge in [-0.05, 0) is 27.7 Å². The van der Waals surface area contributed by atoms with Crippen molar-refractivity contribution in [1.29, 1.82) is 0 Å². The van der Waals surface area contributed by atoms with E-state index < -0.39 is 0 Å². The van der Waals surface area contributed by atoms with Gasteiger partial charge in [0.25, 0.3) is 0 Å². The van der Waals surface area contributed by atoms with Gasteiger partial charge in [0.1, 0.15) is 28.1 Å². The lowest BCUT2D eigenvalue weighted by Crippen LogP contribution is -2.47. The van der Waals surface area contributed by atoms with Crippen molar-refractivity contribution < 1.29 is 14.3 Å². The van der Waals surface area contributed by atoms with E-state index in [1.807, 2.05) is 26.8 Å². The fourth-order valence-electron chi connectivity index (χ4n) is 3.10. The van der Waals surface area contributed by atoms with Gasteiger partial charge in [-0.15, -0.1) is 0 Å². The molecule has 1 N–H and O–H groups in total. The van der Waals surface area contributed by atoms with Crippen LogP contribution in [0.4, 0.5) is 16.8 Å². The zero-order valence-corrected chi connectivity index (χ0v) is 18.7. The smallest absolute Gasteiger partial charge is 0.350 e. The first-order valence-corrected chi connectivity index (χ1v) is 10.9. The fourth-order valence-corrected chi connectivity index (χ4v) is 3.81. The van der Waals surface area contributed by atoms with E-state index in [4.69, 9.17) is 4.74 Å². The summed E-state index contributed by atoms with van der Waals surface area (Å²) in [6.45, 7) is 11.4. The number of thiazole rings is 1. The number of ketones is 1. The van der Waals surface area contributed by atoms with Gasteiger partial charge in [0.15, 0.2) is 5.13 Å². The number of anilines is 3. The Morgan fingerprint density at radius 1 is 1.23 bits per heavy atom. The number of esters is 1. The van der Waals surface area contributed by atoms with Crippen LogP contribution >= 0.6 is 11.3 Å². The van der Waals surface area contributed by atoms with E-state index in [0.717, 1.165) is 38.5 Å². The zero-order valence-electron chi connectivity index (χ0n) is 17.8. The van der Waals surface area contributed by atoms with Gasteiger partial charge in [0, 0.05) is 45.2 Å². The molecule has 10 heteroatoms. The number of hydrogen-bond acceptors (Lipinski definition) is 10. The lowest BCUT2D eigenvalue weighted by atomic mass is 10.2. The van der Waals surface area contributed by atoms with Crippen molar-refractivity contribution in [3.05, 3.63) is 23.0 Å². The monoisotopic (exact) mass is 432 g/mol. The Hall–Kier alpha value is -2.59. The van der Waals surface area contributed by atoms with Gasteiger partial charge >= 0.3 is 5.97 Å². The summed E-state index contributed by atoms with van der Waals surface area (Å²) in [6, 6.07) is 1.89. The van der Waals surface area contributed by atoms with Crippen LogP contribution < -0.4 is 10.2 Å². The van der Waals surface area contributed by atoms with Crippen LogP contribution in [-0.2, 0) is 9.53 Å². The van der Waals surface area contributed by atoms with Crippen LogP contribution in [0.15, 0.2) is 12.3 Å². The third-order valence-electron chi connectivity index (χ3n) is 4.59. The highest BCUT2D eigenvalue weighted by Gasteiger charge is 2.20. The first kappa shape index (κ1) is 22.1. The summed E-state index contributed by atoms with van der Waals surface area (Å²) in [5.74, 6) is 1.99. The molecule has 1 aliphatic rings. The largest absolute Gasteiger partial charge is 0.459 e. The van der Waals surface area contributed by atoms with E-state index in [1.54, 1.807) is 6.92 Å². The number of carbonyl (C=O) groups is 2. The van der Waals surface area contributed by atoms with Crippen molar-refractivity contribution in [3.63, 3.8) is 0 Å². The van der Waals surface area contributed by atoms with Crippen LogP contribution in [0.1, 0.15) is 42.7 Å². The van der Waals surface area contributed by atoms with Crippen molar-refractivity contribution in [2.75, 3.05) is 42.9 Å². The van der Waals surface area contributed by atoms with Crippen LogP contribution in [0.2, 0.25) is 0 Å². The van der Waals surface area contributed by atoms with Gasteiger partial charge in [-0.1, -0.05) is 11.3 Å². The van der Waals surface area contributed by atoms with E-state index >= 15 is 0 Å². The number of ether oxygens (including phenoxy) is 1. The average Bonchev–Trinajstić information content (AvgIpc) is 3.14. The number of Topliss-reactive ketones (excluding diaryl/α,β-unsaturated/α-hetero) is 1. The molecule has 9 nitrogen and oxygen atoms in total. The van der Waals surface area contributed by atoms with Crippen LogP contribution in [-0.4, -0.2) is 70.4 Å². The Labute approximate surface area is 180 Å². The third kappa shape index (κ3) is 6.20. The standard InChI is InChI=1S/C20H28N6O3S/c1-13(2)29-19(28)16-12-21-20(30-16)24-17-11-18(23-15(4)22-17)26-9-7-25(8-10-26)6-5-14(3)27/h11-13H,5-10H2,1-4H3,(H,21,22,23,24). The van der Waals surface area contributed by atoms with E-state index in [1.165, 1.54) is 17.5 Å². The van der Waals surface area contributed by atoms with E-state index in [9.17, 15) is 9.59 Å². The molecule has 1 fully saturated rings. The Morgan fingerprint density at radius 3 is 2.63 bits per heavy atom. The number of hydrogen-bond donors (Lipinski definition) is 1. The normalized spacial score (nSPS) is 14.8. The number of piperazine rings is 1. The number of nitrogens with one attached hydrogen (secondary N) is 1. The summed E-state index contributed by atoms with van der Waals surface area (Å²) in [5.41, 5.74) is 0. The van der Waals surface area contributed by atoms with Crippen molar-refractivity contribution >= 4 is 39.9 Å². The molecule has 0 amide bonds. The maximum Gasteiger partial charge on any atom is 0.350 e. The predicted molar refractivity (Wildman–Crippen MR) is 117 cm³/mol. The highest BCUT2D eigenvalue weighted by molar-refractivity contribution is 7.17. The molecule has 0 unspecified atom stereocenters. The van der Waals surface area contributed by atoms with E-state index in [-0.39, 0.29) is 17.9 Å². The van der Waals surface area contributed by atoms with Gasteiger partial charge in [-0.2, -0.15) is 0 Å². The minimum absolute atomic E-state index is 0.175. The van der Waals surface area contributed by atoms with Gasteiger partial charge in [0.05, 0.1) is 12.3 Å².